The van der Waals surface area contributed by atoms with Crippen molar-refractivity contribution in [3.8, 4) is 0 Å². The van der Waals surface area contributed by atoms with Crippen molar-refractivity contribution in [1.29, 1.82) is 0 Å². The zero-order chi connectivity index (χ0) is 22.0. The maximum Gasteiger partial charge on any atom is 0.257 e. The van der Waals surface area contributed by atoms with Gasteiger partial charge in [0, 0.05) is 22.7 Å². The van der Waals surface area contributed by atoms with Gasteiger partial charge < -0.3 is 9.73 Å². The van der Waals surface area contributed by atoms with Crippen molar-refractivity contribution in [3.05, 3.63) is 93.3 Å². The molecule has 0 aliphatic heterocycles. The van der Waals surface area contributed by atoms with E-state index in [9.17, 15) is 4.79 Å². The highest BCUT2D eigenvalue weighted by atomic mass is 35.5. The topological polar surface area (TPSA) is 67.2 Å². The van der Waals surface area contributed by atoms with Crippen molar-refractivity contribution in [2.75, 3.05) is 5.32 Å². The second-order valence-electron chi connectivity index (χ2n) is 6.99. The van der Waals surface area contributed by atoms with E-state index in [1.54, 1.807) is 24.3 Å². The highest BCUT2D eigenvalue weighted by molar-refractivity contribution is 7.80. The third-order valence-corrected chi connectivity index (χ3v) is 5.23. The van der Waals surface area contributed by atoms with Crippen molar-refractivity contribution in [3.63, 3.8) is 0 Å². The quantitative estimate of drug-likeness (QED) is 0.350. The van der Waals surface area contributed by atoms with Gasteiger partial charge >= 0.3 is 0 Å². The van der Waals surface area contributed by atoms with Crippen LogP contribution >= 0.6 is 35.4 Å². The lowest BCUT2D eigenvalue weighted by molar-refractivity contribution is 0.0977. The van der Waals surface area contributed by atoms with Crippen LogP contribution in [0.25, 0.3) is 11.1 Å². The Morgan fingerprint density at radius 2 is 1.87 bits per heavy atom. The van der Waals surface area contributed by atoms with Gasteiger partial charge in [0.15, 0.2) is 16.6 Å². The van der Waals surface area contributed by atoms with Crippen molar-refractivity contribution in [2.45, 2.75) is 13.3 Å². The number of rotatable bonds is 4. The smallest absolute Gasteiger partial charge is 0.257 e. The van der Waals surface area contributed by atoms with Gasteiger partial charge in [0.25, 0.3) is 5.91 Å². The Kier molecular flexibility index (Phi) is 6.23. The molecule has 5 nitrogen and oxygen atoms in total. The molecule has 2 N–H and O–H groups in total. The van der Waals surface area contributed by atoms with Crippen LogP contribution in [0.4, 0.5) is 5.69 Å². The van der Waals surface area contributed by atoms with Gasteiger partial charge in [-0.05, 0) is 61.1 Å². The molecule has 0 fully saturated rings. The lowest BCUT2D eigenvalue weighted by Gasteiger charge is -2.10. The number of aromatic nitrogens is 1. The minimum atomic E-state index is -0.257. The summed E-state index contributed by atoms with van der Waals surface area (Å²) in [6.45, 7) is 1.93. The Hall–Kier alpha value is -2.93. The molecule has 0 atom stereocenters. The monoisotopic (exact) mass is 469 g/mol. The lowest BCUT2D eigenvalue weighted by atomic mass is 10.1. The Morgan fingerprint density at radius 1 is 1.10 bits per heavy atom. The van der Waals surface area contributed by atoms with Crippen molar-refractivity contribution in [1.82, 2.24) is 10.3 Å². The predicted octanol–water partition coefficient (Wildman–Crippen LogP) is 6.16. The summed E-state index contributed by atoms with van der Waals surface area (Å²) in [6.07, 6.45) is 0.497. The summed E-state index contributed by atoms with van der Waals surface area (Å²) in [7, 11) is 0. The standard InChI is InChI=1S/C23H17Cl2N3O2S/c1-13-3-2-4-15(9-13)22(29)28-23(31)26-17-7-5-14(6-8-17)10-20-27-19-12-16(24)11-18(25)21(19)30-20/h2-9,11-12H,10H2,1H3,(H2,26,28,29,31). The van der Waals surface area contributed by atoms with Crippen molar-refractivity contribution >= 4 is 63.2 Å². The van der Waals surface area contributed by atoms with Gasteiger partial charge in [-0.1, -0.05) is 53.0 Å². The Labute approximate surface area is 194 Å². The molecular weight excluding hydrogens is 453 g/mol. The molecule has 0 aliphatic carbocycles. The van der Waals surface area contributed by atoms with E-state index in [1.165, 1.54) is 0 Å². The molecule has 0 aliphatic rings. The van der Waals surface area contributed by atoms with Crippen molar-refractivity contribution < 1.29 is 9.21 Å². The molecule has 1 amide bonds. The fourth-order valence-electron chi connectivity index (χ4n) is 3.09. The molecule has 3 aromatic carbocycles. The highest BCUT2D eigenvalue weighted by Gasteiger charge is 2.12. The summed E-state index contributed by atoms with van der Waals surface area (Å²) in [4.78, 5) is 16.7. The maximum absolute atomic E-state index is 12.3. The second kappa shape index (κ2) is 9.06. The van der Waals surface area contributed by atoms with Crippen LogP contribution in [-0.4, -0.2) is 16.0 Å². The summed E-state index contributed by atoms with van der Waals surface area (Å²) in [6, 6.07) is 18.2. The van der Waals surface area contributed by atoms with Crippen LogP contribution in [0.2, 0.25) is 10.0 Å². The molecule has 0 radical (unpaired) electrons. The molecule has 1 aromatic heterocycles. The second-order valence-corrected chi connectivity index (χ2v) is 8.25. The van der Waals surface area contributed by atoms with Crippen molar-refractivity contribution in [2.24, 2.45) is 0 Å². The van der Waals surface area contributed by atoms with Crippen LogP contribution in [0, 0.1) is 6.92 Å². The summed E-state index contributed by atoms with van der Waals surface area (Å²) >= 11 is 17.4. The first-order valence-electron chi connectivity index (χ1n) is 9.40. The Balaban J connectivity index is 1.38. The molecule has 156 valence electrons. The first-order valence-corrected chi connectivity index (χ1v) is 10.6. The third-order valence-electron chi connectivity index (χ3n) is 4.53. The van der Waals surface area contributed by atoms with Gasteiger partial charge in [-0.3, -0.25) is 10.1 Å². The van der Waals surface area contributed by atoms with E-state index in [2.05, 4.69) is 15.6 Å². The molecule has 4 rings (SSSR count). The number of hydrogen-bond donors (Lipinski definition) is 2. The number of nitrogens with zero attached hydrogens (tertiary/aromatic N) is 1. The zero-order valence-electron chi connectivity index (χ0n) is 16.4. The predicted molar refractivity (Wildman–Crippen MR) is 128 cm³/mol. The number of carbonyl (C=O) groups is 1. The first kappa shape index (κ1) is 21.3. The van der Waals surface area contributed by atoms with Crippen LogP contribution in [0.5, 0.6) is 0 Å². The molecule has 0 bridgehead atoms. The van der Waals surface area contributed by atoms with E-state index in [-0.39, 0.29) is 11.0 Å². The first-order chi connectivity index (χ1) is 14.9. The minimum absolute atomic E-state index is 0.227. The van der Waals surface area contributed by atoms with E-state index in [4.69, 9.17) is 39.8 Å². The Morgan fingerprint density at radius 3 is 2.61 bits per heavy atom. The van der Waals surface area contributed by atoms with Gasteiger partial charge in [-0.15, -0.1) is 0 Å². The van der Waals surface area contributed by atoms with E-state index >= 15 is 0 Å². The number of thiocarbonyl (C=S) groups is 1. The number of aryl methyl sites for hydroxylation is 1. The van der Waals surface area contributed by atoms with E-state index in [0.717, 1.165) is 16.8 Å². The number of amides is 1. The molecule has 8 heteroatoms. The van der Waals surface area contributed by atoms with Gasteiger partial charge in [-0.25, -0.2) is 4.98 Å². The van der Waals surface area contributed by atoms with Gasteiger partial charge in [0.1, 0.15) is 5.52 Å². The normalized spacial score (nSPS) is 10.8. The molecule has 0 spiro atoms. The average molecular weight is 470 g/mol. The maximum atomic E-state index is 12.3. The summed E-state index contributed by atoms with van der Waals surface area (Å²) in [5, 5.41) is 6.87. The molecule has 0 saturated heterocycles. The fourth-order valence-corrected chi connectivity index (χ4v) is 3.82. The largest absolute Gasteiger partial charge is 0.439 e. The summed E-state index contributed by atoms with van der Waals surface area (Å²) in [5.74, 6) is 0.286. The summed E-state index contributed by atoms with van der Waals surface area (Å²) in [5.41, 5.74) is 4.46. The van der Waals surface area contributed by atoms with Crippen LogP contribution in [0.15, 0.2) is 65.1 Å². The number of halogens is 2. The number of anilines is 1. The highest BCUT2D eigenvalue weighted by Crippen LogP contribution is 2.29. The molecular formula is C23H17Cl2N3O2S. The molecule has 31 heavy (non-hydrogen) atoms. The number of nitrogens with one attached hydrogen (secondary N) is 2. The number of carbonyl (C=O) groups excluding carboxylic acids is 1. The zero-order valence-corrected chi connectivity index (χ0v) is 18.7. The molecule has 0 saturated carbocycles. The lowest BCUT2D eigenvalue weighted by Crippen LogP contribution is -2.34. The van der Waals surface area contributed by atoms with E-state index in [1.807, 2.05) is 43.3 Å². The molecule has 4 aromatic rings. The minimum Gasteiger partial charge on any atom is -0.439 e. The number of oxazole rings is 1. The SMILES string of the molecule is Cc1cccc(C(=O)NC(=S)Nc2ccc(Cc3nc4cc(Cl)cc(Cl)c4o3)cc2)c1. The van der Waals surface area contributed by atoms with Gasteiger partial charge in [-0.2, -0.15) is 0 Å². The fraction of sp³-hybridized carbons (Fsp3) is 0.0870. The van der Waals surface area contributed by atoms with Crippen LogP contribution in [0.3, 0.4) is 0 Å². The van der Waals surface area contributed by atoms with Crippen LogP contribution < -0.4 is 10.6 Å². The van der Waals surface area contributed by atoms with E-state index < -0.39 is 0 Å². The summed E-state index contributed by atoms with van der Waals surface area (Å²) < 4.78 is 5.76. The van der Waals surface area contributed by atoms with Crippen LogP contribution in [0.1, 0.15) is 27.4 Å². The molecule has 1 heterocycles. The van der Waals surface area contributed by atoms with Crippen LogP contribution in [-0.2, 0) is 6.42 Å². The van der Waals surface area contributed by atoms with Gasteiger partial charge in [0.05, 0.1) is 5.02 Å². The Bertz CT molecular complexity index is 1290. The average Bonchev–Trinajstić information content (AvgIpc) is 3.12. The number of hydrogen-bond acceptors (Lipinski definition) is 4. The number of fused-ring (bicyclic) bond motifs is 1. The number of benzene rings is 3. The van der Waals surface area contributed by atoms with Gasteiger partial charge in [0.2, 0.25) is 0 Å². The van der Waals surface area contributed by atoms with E-state index in [0.29, 0.717) is 39.0 Å². The third kappa shape index (κ3) is 5.22. The molecule has 0 unspecified atom stereocenters.